The van der Waals surface area contributed by atoms with Crippen LogP contribution in [-0.4, -0.2) is 49.2 Å². The Balaban J connectivity index is 1.26. The number of hydrogen-bond acceptors (Lipinski definition) is 8. The molecule has 0 aliphatic carbocycles. The van der Waals surface area contributed by atoms with Crippen molar-refractivity contribution in [3.05, 3.63) is 102 Å². The highest BCUT2D eigenvalue weighted by Crippen LogP contribution is 2.31. The molecule has 3 aromatic carbocycles. The molecule has 2 heterocycles. The summed E-state index contributed by atoms with van der Waals surface area (Å²) < 4.78 is 11.2. The van der Waals surface area contributed by atoms with Gasteiger partial charge in [0.25, 0.3) is 0 Å². The molecule has 8 nitrogen and oxygen atoms in total. The van der Waals surface area contributed by atoms with Crippen molar-refractivity contribution >= 4 is 23.4 Å². The smallest absolute Gasteiger partial charge is 0.316 e. The molecule has 0 saturated carbocycles. The van der Waals surface area contributed by atoms with Gasteiger partial charge in [0.1, 0.15) is 11.6 Å². The summed E-state index contributed by atoms with van der Waals surface area (Å²) in [6.45, 7) is 5.32. The van der Waals surface area contributed by atoms with E-state index in [2.05, 4.69) is 44.0 Å². The monoisotopic (exact) mass is 523 g/mol. The zero-order valence-corrected chi connectivity index (χ0v) is 22.3. The van der Waals surface area contributed by atoms with Gasteiger partial charge < -0.3 is 25.0 Å². The van der Waals surface area contributed by atoms with Crippen molar-refractivity contribution in [3.8, 4) is 11.6 Å². The third-order valence-corrected chi connectivity index (χ3v) is 7.18. The number of benzene rings is 3. The highest BCUT2D eigenvalue weighted by atomic mass is 16.5. The maximum atomic E-state index is 12.8. The lowest BCUT2D eigenvalue weighted by atomic mass is 9.77. The molecule has 4 aromatic rings. The number of rotatable bonds is 8. The van der Waals surface area contributed by atoms with Gasteiger partial charge in [-0.3, -0.25) is 4.79 Å². The minimum absolute atomic E-state index is 0.168. The van der Waals surface area contributed by atoms with Crippen molar-refractivity contribution in [2.24, 2.45) is 0 Å². The summed E-state index contributed by atoms with van der Waals surface area (Å²) in [5.74, 6) is 1.65. The first-order valence-electron chi connectivity index (χ1n) is 13.0. The van der Waals surface area contributed by atoms with Gasteiger partial charge in [0.05, 0.1) is 12.5 Å². The number of ether oxygens (including phenoxy) is 2. The molecule has 1 aliphatic rings. The Morgan fingerprint density at radius 1 is 0.872 bits per heavy atom. The second-order valence-corrected chi connectivity index (χ2v) is 9.84. The normalized spacial score (nSPS) is 14.9. The molecule has 1 saturated heterocycles. The van der Waals surface area contributed by atoms with E-state index in [4.69, 9.17) is 15.2 Å². The van der Waals surface area contributed by atoms with E-state index in [1.54, 1.807) is 0 Å². The lowest BCUT2D eigenvalue weighted by Crippen LogP contribution is -2.46. The predicted octanol–water partition coefficient (Wildman–Crippen LogP) is 4.85. The Bertz CT molecular complexity index is 1390. The van der Waals surface area contributed by atoms with Crippen LogP contribution in [0.5, 0.6) is 11.6 Å². The van der Waals surface area contributed by atoms with Crippen molar-refractivity contribution in [1.82, 2.24) is 9.97 Å². The summed E-state index contributed by atoms with van der Waals surface area (Å²) in [5, 5.41) is 0. The first-order valence-corrected chi connectivity index (χ1v) is 13.0. The van der Waals surface area contributed by atoms with Crippen molar-refractivity contribution in [2.45, 2.75) is 18.8 Å². The van der Waals surface area contributed by atoms with E-state index in [9.17, 15) is 4.79 Å². The molecular formula is C31H33N5O3. The number of esters is 1. The first-order chi connectivity index (χ1) is 18.9. The van der Waals surface area contributed by atoms with Gasteiger partial charge in [0.15, 0.2) is 0 Å². The molecule has 0 radical (unpaired) electrons. The first kappa shape index (κ1) is 26.0. The number of anilines is 3. The second-order valence-electron chi connectivity index (χ2n) is 9.84. The largest absolute Gasteiger partial charge is 0.468 e. The van der Waals surface area contributed by atoms with Crippen molar-refractivity contribution < 1.29 is 14.3 Å². The van der Waals surface area contributed by atoms with E-state index < -0.39 is 5.41 Å². The maximum Gasteiger partial charge on any atom is 0.316 e. The van der Waals surface area contributed by atoms with Crippen LogP contribution >= 0.6 is 0 Å². The average Bonchev–Trinajstić information content (AvgIpc) is 2.98. The van der Waals surface area contributed by atoms with Gasteiger partial charge in [0, 0.05) is 37.9 Å². The van der Waals surface area contributed by atoms with Crippen molar-refractivity contribution in [3.63, 3.8) is 0 Å². The molecule has 8 heteroatoms. The molecule has 0 bridgehead atoms. The highest BCUT2D eigenvalue weighted by molar-refractivity contribution is 5.83. The maximum absolute atomic E-state index is 12.8. The number of hydrogen-bond donors (Lipinski definition) is 1. The number of nitrogens with zero attached hydrogens (tertiary/aromatic N) is 4. The van der Waals surface area contributed by atoms with Crippen LogP contribution in [0.1, 0.15) is 18.1 Å². The van der Waals surface area contributed by atoms with E-state index in [0.717, 1.165) is 43.1 Å². The Morgan fingerprint density at radius 2 is 1.49 bits per heavy atom. The Morgan fingerprint density at radius 3 is 2.13 bits per heavy atom. The molecule has 0 spiro atoms. The third kappa shape index (κ3) is 5.95. The lowest BCUT2D eigenvalue weighted by molar-refractivity contribution is -0.146. The zero-order valence-electron chi connectivity index (χ0n) is 22.3. The summed E-state index contributed by atoms with van der Waals surface area (Å²) in [5.41, 5.74) is 8.36. The van der Waals surface area contributed by atoms with Crippen LogP contribution in [0.25, 0.3) is 0 Å². The summed E-state index contributed by atoms with van der Waals surface area (Å²) in [4.78, 5) is 26.1. The number of carbonyl (C=O) groups excluding carboxylic acids is 1. The number of piperazine rings is 1. The fourth-order valence-corrected chi connectivity index (χ4v) is 5.00. The Kier molecular flexibility index (Phi) is 7.63. The lowest BCUT2D eigenvalue weighted by Gasteiger charge is -2.36. The molecule has 1 aromatic heterocycles. The Labute approximate surface area is 229 Å². The molecule has 200 valence electrons. The van der Waals surface area contributed by atoms with Crippen molar-refractivity contribution in [2.75, 3.05) is 48.8 Å². The molecule has 1 unspecified atom stereocenters. The molecule has 0 amide bonds. The number of carbonyl (C=O) groups is 1. The van der Waals surface area contributed by atoms with Crippen LogP contribution in [0, 0.1) is 0 Å². The average molecular weight is 524 g/mol. The zero-order chi connectivity index (χ0) is 27.2. The summed E-state index contributed by atoms with van der Waals surface area (Å²) >= 11 is 0. The quantitative estimate of drug-likeness (QED) is 0.328. The second kappa shape index (κ2) is 11.4. The minimum Gasteiger partial charge on any atom is -0.468 e. The molecule has 1 aliphatic heterocycles. The summed E-state index contributed by atoms with van der Waals surface area (Å²) in [7, 11) is 1.42. The van der Waals surface area contributed by atoms with Gasteiger partial charge >= 0.3 is 5.97 Å². The van der Waals surface area contributed by atoms with Gasteiger partial charge in [0.2, 0.25) is 11.8 Å². The SMILES string of the molecule is COC(=O)C(C)(Cc1ccc(Oc2cc(N3CCN(c4ccccc4)CC3)nc(N)n2)cc1)c1ccccc1. The molecular weight excluding hydrogens is 490 g/mol. The van der Waals surface area contributed by atoms with E-state index in [-0.39, 0.29) is 11.9 Å². The number of methoxy groups -OCH3 is 1. The minimum atomic E-state index is -0.807. The summed E-state index contributed by atoms with van der Waals surface area (Å²) in [6, 6.07) is 29.6. The van der Waals surface area contributed by atoms with Crippen LogP contribution in [-0.2, 0) is 21.4 Å². The van der Waals surface area contributed by atoms with Gasteiger partial charge in [-0.15, -0.1) is 0 Å². The summed E-state index contributed by atoms with van der Waals surface area (Å²) in [6.07, 6.45) is 0.490. The van der Waals surface area contributed by atoms with E-state index >= 15 is 0 Å². The van der Waals surface area contributed by atoms with Crippen molar-refractivity contribution in [1.29, 1.82) is 0 Å². The van der Waals surface area contributed by atoms with Gasteiger partial charge in [-0.25, -0.2) is 0 Å². The van der Waals surface area contributed by atoms with E-state index in [0.29, 0.717) is 18.1 Å². The Hall–Kier alpha value is -4.59. The van der Waals surface area contributed by atoms with Crippen LogP contribution in [0.4, 0.5) is 17.5 Å². The standard InChI is InChI=1S/C31H33N5O3/c1-31(29(37)38-2,24-9-5-3-6-10-24)22-23-13-15-26(16-14-23)39-28-21-27(33-30(32)34-28)36-19-17-35(18-20-36)25-11-7-4-8-12-25/h3-16,21H,17-20,22H2,1-2H3,(H2,32,33,34). The fraction of sp³-hybridized carbons (Fsp3) is 0.258. The third-order valence-electron chi connectivity index (χ3n) is 7.18. The van der Waals surface area contributed by atoms with E-state index in [1.807, 2.05) is 73.7 Å². The molecule has 39 heavy (non-hydrogen) atoms. The molecule has 5 rings (SSSR count). The fourth-order valence-electron chi connectivity index (χ4n) is 5.00. The molecule has 1 atom stereocenters. The number of para-hydroxylation sites is 1. The number of aromatic nitrogens is 2. The number of nitrogen functional groups attached to an aromatic ring is 1. The molecule has 1 fully saturated rings. The number of nitrogens with two attached hydrogens (primary N) is 1. The predicted molar refractivity (Wildman–Crippen MR) is 153 cm³/mol. The van der Waals surface area contributed by atoms with Gasteiger partial charge in [-0.1, -0.05) is 60.7 Å². The highest BCUT2D eigenvalue weighted by Gasteiger charge is 2.36. The van der Waals surface area contributed by atoms with Crippen LogP contribution in [0.15, 0.2) is 91.0 Å². The van der Waals surface area contributed by atoms with Crippen LogP contribution in [0.2, 0.25) is 0 Å². The van der Waals surface area contributed by atoms with E-state index in [1.165, 1.54) is 12.8 Å². The van der Waals surface area contributed by atoms with Gasteiger partial charge in [-0.05, 0) is 48.7 Å². The van der Waals surface area contributed by atoms with Gasteiger partial charge in [-0.2, -0.15) is 9.97 Å². The topological polar surface area (TPSA) is 93.8 Å². The van der Waals surface area contributed by atoms with Crippen LogP contribution in [0.3, 0.4) is 0 Å². The molecule has 2 N–H and O–H groups in total. The van der Waals surface area contributed by atoms with Crippen LogP contribution < -0.4 is 20.3 Å².